The van der Waals surface area contributed by atoms with Crippen LogP contribution in [0.25, 0.3) is 0 Å². The molecule has 1 amide bonds. The maximum atomic E-state index is 12.7. The molecule has 1 saturated carbocycles. The average molecular weight is 355 g/mol. The Morgan fingerprint density at radius 1 is 1.23 bits per heavy atom. The number of rotatable bonds is 7. The van der Waals surface area contributed by atoms with Gasteiger partial charge in [-0.1, -0.05) is 0 Å². The normalized spacial score (nSPS) is 20.1. The maximum absolute atomic E-state index is 12.7. The van der Waals surface area contributed by atoms with Crippen LogP contribution in [0, 0.1) is 19.8 Å². The molecule has 2 aromatic rings. The second kappa shape index (κ2) is 7.25. The van der Waals surface area contributed by atoms with Crippen molar-refractivity contribution in [2.45, 2.75) is 71.5 Å². The molecule has 0 N–H and O–H groups in total. The molecular formula is C20H29N5O. The number of hydrogen-bond donors (Lipinski definition) is 0. The number of carbonyl (C=O) groups is 1. The minimum Gasteiger partial charge on any atom is -0.338 e. The number of carbonyl (C=O) groups excluding carboxylic acids is 1. The quantitative estimate of drug-likeness (QED) is 0.767. The molecule has 1 aliphatic heterocycles. The lowest BCUT2D eigenvalue weighted by molar-refractivity contribution is -0.132. The fraction of sp³-hybridized carbons (Fsp3) is 0.650. The monoisotopic (exact) mass is 355 g/mol. The van der Waals surface area contributed by atoms with Gasteiger partial charge in [-0.05, 0) is 57.4 Å². The summed E-state index contributed by atoms with van der Waals surface area (Å²) in [6.45, 7) is 6.49. The molecule has 6 heteroatoms. The molecule has 1 saturated heterocycles. The van der Waals surface area contributed by atoms with Crippen LogP contribution in [-0.2, 0) is 24.3 Å². The lowest BCUT2D eigenvalue weighted by Gasteiger charge is -2.25. The number of aryl methyl sites for hydroxylation is 3. The predicted molar refractivity (Wildman–Crippen MR) is 99.7 cm³/mol. The summed E-state index contributed by atoms with van der Waals surface area (Å²) in [5.74, 6) is 2.23. The Labute approximate surface area is 155 Å². The van der Waals surface area contributed by atoms with E-state index in [1.807, 2.05) is 19.3 Å². The van der Waals surface area contributed by atoms with Gasteiger partial charge in [0, 0.05) is 43.6 Å². The molecule has 140 valence electrons. The van der Waals surface area contributed by atoms with E-state index >= 15 is 0 Å². The summed E-state index contributed by atoms with van der Waals surface area (Å²) in [6.07, 6.45) is 12.6. The van der Waals surface area contributed by atoms with Gasteiger partial charge in [0.15, 0.2) is 0 Å². The number of aromatic nitrogens is 4. The van der Waals surface area contributed by atoms with Crippen molar-refractivity contribution in [3.8, 4) is 0 Å². The van der Waals surface area contributed by atoms with Gasteiger partial charge in [-0.2, -0.15) is 5.10 Å². The SMILES string of the molecule is Cc1cnn(CC(=O)N2CCC[C@@H]2CCc2ncc(C)n2CC2CC2)c1. The van der Waals surface area contributed by atoms with E-state index in [1.165, 1.54) is 24.4 Å². The number of likely N-dealkylation sites (tertiary alicyclic amines) is 1. The Hall–Kier alpha value is -2.11. The lowest BCUT2D eigenvalue weighted by Crippen LogP contribution is -2.38. The summed E-state index contributed by atoms with van der Waals surface area (Å²) in [5, 5.41) is 4.25. The molecule has 0 aromatic carbocycles. The number of amides is 1. The molecule has 26 heavy (non-hydrogen) atoms. The highest BCUT2D eigenvalue weighted by Gasteiger charge is 2.29. The zero-order valence-electron chi connectivity index (χ0n) is 15.9. The van der Waals surface area contributed by atoms with Gasteiger partial charge in [-0.3, -0.25) is 9.48 Å². The van der Waals surface area contributed by atoms with Crippen LogP contribution in [0.4, 0.5) is 0 Å². The first-order valence-corrected chi connectivity index (χ1v) is 9.89. The molecule has 1 atom stereocenters. The molecule has 2 fully saturated rings. The smallest absolute Gasteiger partial charge is 0.244 e. The Balaban J connectivity index is 1.36. The van der Waals surface area contributed by atoms with E-state index < -0.39 is 0 Å². The standard InChI is InChI=1S/C20H29N5O/c1-15-10-22-23(12-15)14-20(26)24-9-3-4-18(24)7-8-19-21-11-16(2)25(19)13-17-5-6-17/h10-12,17-18H,3-9,13-14H2,1-2H3/t18-/m1/s1. The van der Waals surface area contributed by atoms with Crippen molar-refractivity contribution in [2.24, 2.45) is 5.92 Å². The Morgan fingerprint density at radius 2 is 2.08 bits per heavy atom. The highest BCUT2D eigenvalue weighted by Crippen LogP contribution is 2.32. The van der Waals surface area contributed by atoms with Gasteiger partial charge < -0.3 is 9.47 Å². The Morgan fingerprint density at radius 3 is 2.81 bits per heavy atom. The van der Waals surface area contributed by atoms with Crippen molar-refractivity contribution in [3.05, 3.63) is 35.7 Å². The third-order valence-corrected chi connectivity index (χ3v) is 5.73. The van der Waals surface area contributed by atoms with E-state index in [0.717, 1.165) is 50.3 Å². The highest BCUT2D eigenvalue weighted by atomic mass is 16.2. The summed E-state index contributed by atoms with van der Waals surface area (Å²) in [4.78, 5) is 19.4. The zero-order chi connectivity index (χ0) is 18.1. The van der Waals surface area contributed by atoms with Gasteiger partial charge in [0.1, 0.15) is 12.4 Å². The molecule has 6 nitrogen and oxygen atoms in total. The molecule has 0 radical (unpaired) electrons. The predicted octanol–water partition coefficient (Wildman–Crippen LogP) is 2.73. The summed E-state index contributed by atoms with van der Waals surface area (Å²) in [7, 11) is 0. The fourth-order valence-electron chi connectivity index (χ4n) is 4.06. The minimum absolute atomic E-state index is 0.188. The number of hydrogen-bond acceptors (Lipinski definition) is 3. The van der Waals surface area contributed by atoms with Crippen LogP contribution in [-0.4, -0.2) is 42.7 Å². The molecule has 2 aliphatic rings. The summed E-state index contributed by atoms with van der Waals surface area (Å²) < 4.78 is 4.14. The maximum Gasteiger partial charge on any atom is 0.244 e. The lowest BCUT2D eigenvalue weighted by atomic mass is 10.1. The van der Waals surface area contributed by atoms with Crippen molar-refractivity contribution in [1.82, 2.24) is 24.2 Å². The van der Waals surface area contributed by atoms with Gasteiger partial charge in [-0.25, -0.2) is 4.98 Å². The molecular weight excluding hydrogens is 326 g/mol. The molecule has 0 spiro atoms. The fourth-order valence-corrected chi connectivity index (χ4v) is 4.06. The molecule has 2 aromatic heterocycles. The van der Waals surface area contributed by atoms with Crippen molar-refractivity contribution in [2.75, 3.05) is 6.54 Å². The van der Waals surface area contributed by atoms with Gasteiger partial charge >= 0.3 is 0 Å². The van der Waals surface area contributed by atoms with Crippen LogP contribution in [0.2, 0.25) is 0 Å². The zero-order valence-corrected chi connectivity index (χ0v) is 15.9. The van der Waals surface area contributed by atoms with Gasteiger partial charge in [0.25, 0.3) is 0 Å². The summed E-state index contributed by atoms with van der Waals surface area (Å²) in [6, 6.07) is 0.338. The van der Waals surface area contributed by atoms with Gasteiger partial charge in [0.2, 0.25) is 5.91 Å². The second-order valence-electron chi connectivity index (χ2n) is 8.01. The molecule has 0 unspecified atom stereocenters. The van der Waals surface area contributed by atoms with Crippen molar-refractivity contribution in [1.29, 1.82) is 0 Å². The van der Waals surface area contributed by atoms with Crippen LogP contribution < -0.4 is 0 Å². The van der Waals surface area contributed by atoms with Crippen LogP contribution in [0.5, 0.6) is 0 Å². The first-order valence-electron chi connectivity index (χ1n) is 9.89. The highest BCUT2D eigenvalue weighted by molar-refractivity contribution is 5.76. The first-order chi connectivity index (χ1) is 12.6. The third-order valence-electron chi connectivity index (χ3n) is 5.73. The largest absolute Gasteiger partial charge is 0.338 e. The third kappa shape index (κ3) is 3.84. The summed E-state index contributed by atoms with van der Waals surface area (Å²) >= 11 is 0. The van der Waals surface area contributed by atoms with E-state index in [4.69, 9.17) is 0 Å². The van der Waals surface area contributed by atoms with Crippen LogP contribution in [0.1, 0.15) is 49.2 Å². The Kier molecular flexibility index (Phi) is 4.83. The van der Waals surface area contributed by atoms with Crippen LogP contribution >= 0.6 is 0 Å². The molecule has 1 aliphatic carbocycles. The topological polar surface area (TPSA) is 56.0 Å². The minimum atomic E-state index is 0.188. The van der Waals surface area contributed by atoms with E-state index in [9.17, 15) is 4.79 Å². The average Bonchev–Trinajstić information content (AvgIpc) is 2.98. The molecule has 0 bridgehead atoms. The first kappa shape index (κ1) is 17.3. The van der Waals surface area contributed by atoms with Crippen LogP contribution in [0.15, 0.2) is 18.6 Å². The molecule has 3 heterocycles. The number of imidazole rings is 1. The van der Waals surface area contributed by atoms with Crippen LogP contribution in [0.3, 0.4) is 0 Å². The van der Waals surface area contributed by atoms with E-state index in [-0.39, 0.29) is 5.91 Å². The van der Waals surface area contributed by atoms with E-state index in [1.54, 1.807) is 10.9 Å². The second-order valence-corrected chi connectivity index (χ2v) is 8.01. The van der Waals surface area contributed by atoms with Gasteiger partial charge in [0.05, 0.1) is 6.20 Å². The van der Waals surface area contributed by atoms with Gasteiger partial charge in [-0.15, -0.1) is 0 Å². The Bertz CT molecular complexity index is 773. The van der Waals surface area contributed by atoms with E-state index in [0.29, 0.717) is 12.6 Å². The van der Waals surface area contributed by atoms with Crippen molar-refractivity contribution < 1.29 is 4.79 Å². The van der Waals surface area contributed by atoms with E-state index in [2.05, 4.69) is 26.5 Å². The van der Waals surface area contributed by atoms with Crippen molar-refractivity contribution in [3.63, 3.8) is 0 Å². The van der Waals surface area contributed by atoms with Crippen molar-refractivity contribution >= 4 is 5.91 Å². The summed E-state index contributed by atoms with van der Waals surface area (Å²) in [5.41, 5.74) is 2.36. The molecule has 4 rings (SSSR count). The number of nitrogens with zero attached hydrogens (tertiary/aromatic N) is 5.